The predicted molar refractivity (Wildman–Crippen MR) is 127 cm³/mol. The average Bonchev–Trinajstić information content (AvgIpc) is 3.47. The first kappa shape index (κ1) is 19.1. The predicted octanol–water partition coefficient (Wildman–Crippen LogP) is 4.94. The van der Waals surface area contributed by atoms with Gasteiger partial charge >= 0.3 is 0 Å². The number of methoxy groups -OCH3 is 1. The minimum Gasteiger partial charge on any atom is -0.497 e. The molecule has 0 spiro atoms. The number of imidazole rings is 1. The molecule has 8 heteroatoms. The van der Waals surface area contributed by atoms with Gasteiger partial charge in [0, 0.05) is 29.7 Å². The number of aromatic nitrogens is 7. The standard InChI is InChI=1S/C25H19N7O/c1-14-8-10-26-13-18(14)19-6-7-20-22(28-19)23(32-31-20)25-29-21-17(9-11-27-24(21)30-25)15-4-3-5-16(12-15)33-2/h3-13H,1-2H3,(H,31,32)(H,27,29,30). The van der Waals surface area contributed by atoms with Crippen molar-refractivity contribution in [3.8, 4) is 39.7 Å². The molecular weight excluding hydrogens is 414 g/mol. The quantitative estimate of drug-likeness (QED) is 0.408. The Labute approximate surface area is 188 Å². The number of hydrogen-bond acceptors (Lipinski definition) is 6. The van der Waals surface area contributed by atoms with Gasteiger partial charge in [0.15, 0.2) is 17.2 Å². The number of benzene rings is 1. The minimum atomic E-state index is 0.603. The van der Waals surface area contributed by atoms with E-state index in [1.807, 2.05) is 61.7 Å². The summed E-state index contributed by atoms with van der Waals surface area (Å²) >= 11 is 0. The largest absolute Gasteiger partial charge is 0.497 e. The molecule has 8 nitrogen and oxygen atoms in total. The molecule has 0 unspecified atom stereocenters. The molecule has 0 saturated carbocycles. The summed E-state index contributed by atoms with van der Waals surface area (Å²) < 4.78 is 5.39. The van der Waals surface area contributed by atoms with E-state index < -0.39 is 0 Å². The molecule has 33 heavy (non-hydrogen) atoms. The highest BCUT2D eigenvalue weighted by Gasteiger charge is 2.17. The van der Waals surface area contributed by atoms with Gasteiger partial charge in [0.1, 0.15) is 11.3 Å². The van der Waals surface area contributed by atoms with Gasteiger partial charge in [0.2, 0.25) is 0 Å². The number of ether oxygens (including phenoxy) is 1. The first-order chi connectivity index (χ1) is 16.2. The maximum absolute atomic E-state index is 5.39. The van der Waals surface area contributed by atoms with Crippen molar-refractivity contribution in [1.29, 1.82) is 0 Å². The fraction of sp³-hybridized carbons (Fsp3) is 0.0800. The SMILES string of the molecule is COc1cccc(-c2ccnc3nc(-c4n[nH]c5ccc(-c6cnccc6C)nc45)[nH]c23)c1. The summed E-state index contributed by atoms with van der Waals surface area (Å²) in [5.74, 6) is 1.39. The lowest BCUT2D eigenvalue weighted by atomic mass is 10.1. The summed E-state index contributed by atoms with van der Waals surface area (Å²) in [4.78, 5) is 21.7. The highest BCUT2D eigenvalue weighted by Crippen LogP contribution is 2.32. The van der Waals surface area contributed by atoms with E-state index in [0.717, 1.165) is 50.2 Å². The summed E-state index contributed by atoms with van der Waals surface area (Å²) in [6.45, 7) is 2.05. The van der Waals surface area contributed by atoms with Crippen LogP contribution in [0.3, 0.4) is 0 Å². The fourth-order valence-corrected chi connectivity index (χ4v) is 4.00. The van der Waals surface area contributed by atoms with Gasteiger partial charge in [-0.2, -0.15) is 5.10 Å². The van der Waals surface area contributed by atoms with Gasteiger partial charge in [-0.15, -0.1) is 0 Å². The van der Waals surface area contributed by atoms with Crippen LogP contribution in [-0.4, -0.2) is 42.2 Å². The Morgan fingerprint density at radius 3 is 2.76 bits per heavy atom. The Bertz CT molecular complexity index is 1630. The van der Waals surface area contributed by atoms with Crippen LogP contribution in [0.15, 0.2) is 67.1 Å². The number of nitrogens with one attached hydrogen (secondary N) is 2. The number of rotatable bonds is 4. The van der Waals surface area contributed by atoms with Crippen LogP contribution < -0.4 is 4.74 Å². The average molecular weight is 433 g/mol. The molecule has 1 aromatic carbocycles. The number of H-pyrrole nitrogens is 2. The molecule has 0 fully saturated rings. The third-order valence-electron chi connectivity index (χ3n) is 5.72. The molecule has 0 aliphatic heterocycles. The van der Waals surface area contributed by atoms with E-state index in [0.29, 0.717) is 17.2 Å². The van der Waals surface area contributed by atoms with E-state index in [1.165, 1.54) is 0 Å². The highest BCUT2D eigenvalue weighted by molar-refractivity contribution is 5.95. The van der Waals surface area contributed by atoms with Gasteiger partial charge in [0.25, 0.3) is 0 Å². The van der Waals surface area contributed by atoms with E-state index in [9.17, 15) is 0 Å². The van der Waals surface area contributed by atoms with Crippen LogP contribution in [0.1, 0.15) is 5.56 Å². The minimum absolute atomic E-state index is 0.603. The van der Waals surface area contributed by atoms with Gasteiger partial charge in [-0.25, -0.2) is 15.0 Å². The van der Waals surface area contributed by atoms with E-state index in [4.69, 9.17) is 14.7 Å². The second-order valence-electron chi connectivity index (χ2n) is 7.73. The fourth-order valence-electron chi connectivity index (χ4n) is 4.00. The van der Waals surface area contributed by atoms with Gasteiger partial charge in [0.05, 0.1) is 23.8 Å². The van der Waals surface area contributed by atoms with Crippen molar-refractivity contribution in [3.05, 3.63) is 72.7 Å². The van der Waals surface area contributed by atoms with Crippen LogP contribution in [0.4, 0.5) is 0 Å². The van der Waals surface area contributed by atoms with Crippen molar-refractivity contribution in [3.63, 3.8) is 0 Å². The van der Waals surface area contributed by atoms with Crippen LogP contribution in [0.25, 0.3) is 56.1 Å². The van der Waals surface area contributed by atoms with Gasteiger partial charge < -0.3 is 9.72 Å². The number of hydrogen-bond donors (Lipinski definition) is 2. The second kappa shape index (κ2) is 7.52. The summed E-state index contributed by atoms with van der Waals surface area (Å²) in [5, 5.41) is 7.56. The molecule has 0 radical (unpaired) electrons. The van der Waals surface area contributed by atoms with Crippen molar-refractivity contribution in [2.45, 2.75) is 6.92 Å². The zero-order valence-corrected chi connectivity index (χ0v) is 18.0. The molecule has 0 saturated heterocycles. The van der Waals surface area contributed by atoms with Crippen molar-refractivity contribution in [2.75, 3.05) is 7.11 Å². The van der Waals surface area contributed by atoms with Crippen molar-refractivity contribution in [1.82, 2.24) is 35.1 Å². The normalized spacial score (nSPS) is 11.3. The summed E-state index contributed by atoms with van der Waals surface area (Å²) in [7, 11) is 1.66. The lowest BCUT2D eigenvalue weighted by Gasteiger charge is -2.05. The topological polar surface area (TPSA) is 105 Å². The molecule has 5 heterocycles. The first-order valence-corrected chi connectivity index (χ1v) is 10.5. The number of pyridine rings is 3. The van der Waals surface area contributed by atoms with E-state index in [-0.39, 0.29) is 0 Å². The van der Waals surface area contributed by atoms with Crippen LogP contribution in [-0.2, 0) is 0 Å². The van der Waals surface area contributed by atoms with E-state index in [1.54, 1.807) is 19.5 Å². The molecule has 6 aromatic rings. The maximum atomic E-state index is 5.39. The van der Waals surface area contributed by atoms with Crippen LogP contribution >= 0.6 is 0 Å². The molecule has 160 valence electrons. The smallest absolute Gasteiger partial charge is 0.178 e. The molecule has 0 aliphatic rings. The number of aromatic amines is 2. The Balaban J connectivity index is 1.50. The van der Waals surface area contributed by atoms with Crippen LogP contribution in [0.2, 0.25) is 0 Å². The lowest BCUT2D eigenvalue weighted by molar-refractivity contribution is 0.415. The molecule has 6 rings (SSSR count). The number of nitrogens with zero attached hydrogens (tertiary/aromatic N) is 5. The Kier molecular flexibility index (Phi) is 4.36. The molecule has 0 bridgehead atoms. The van der Waals surface area contributed by atoms with Crippen molar-refractivity contribution in [2.24, 2.45) is 0 Å². The Morgan fingerprint density at radius 2 is 1.88 bits per heavy atom. The second-order valence-corrected chi connectivity index (χ2v) is 7.73. The monoisotopic (exact) mass is 433 g/mol. The van der Waals surface area contributed by atoms with Gasteiger partial charge in [-0.3, -0.25) is 10.1 Å². The zero-order chi connectivity index (χ0) is 22.4. The summed E-state index contributed by atoms with van der Waals surface area (Å²) in [6, 6.07) is 15.8. The van der Waals surface area contributed by atoms with E-state index >= 15 is 0 Å². The van der Waals surface area contributed by atoms with E-state index in [2.05, 4.69) is 25.1 Å². The molecule has 0 atom stereocenters. The zero-order valence-electron chi connectivity index (χ0n) is 18.0. The number of fused-ring (bicyclic) bond motifs is 2. The molecule has 0 aliphatic carbocycles. The Hall–Kier alpha value is -4.59. The molecule has 0 amide bonds. The van der Waals surface area contributed by atoms with Crippen molar-refractivity contribution >= 4 is 22.2 Å². The van der Waals surface area contributed by atoms with Crippen LogP contribution in [0, 0.1) is 6.92 Å². The maximum Gasteiger partial charge on any atom is 0.178 e. The summed E-state index contributed by atoms with van der Waals surface area (Å²) in [5.41, 5.74) is 8.57. The highest BCUT2D eigenvalue weighted by atomic mass is 16.5. The molecular formula is C25H19N7O. The van der Waals surface area contributed by atoms with Crippen LogP contribution in [0.5, 0.6) is 5.75 Å². The lowest BCUT2D eigenvalue weighted by Crippen LogP contribution is -1.90. The Morgan fingerprint density at radius 1 is 0.939 bits per heavy atom. The third kappa shape index (κ3) is 3.20. The number of aryl methyl sites for hydroxylation is 1. The third-order valence-corrected chi connectivity index (χ3v) is 5.72. The van der Waals surface area contributed by atoms with Gasteiger partial charge in [-0.05, 0) is 54.4 Å². The first-order valence-electron chi connectivity index (χ1n) is 10.5. The van der Waals surface area contributed by atoms with Crippen molar-refractivity contribution < 1.29 is 4.74 Å². The molecule has 5 aromatic heterocycles. The summed E-state index contributed by atoms with van der Waals surface area (Å²) in [6.07, 6.45) is 5.36. The molecule has 2 N–H and O–H groups in total. The van der Waals surface area contributed by atoms with Gasteiger partial charge in [-0.1, -0.05) is 12.1 Å².